The molecule has 0 saturated heterocycles. The average Bonchev–Trinajstić information content (AvgIpc) is 2.24. The minimum atomic E-state index is -0.514. The maximum atomic E-state index is 10.0. The van der Waals surface area contributed by atoms with E-state index in [4.69, 9.17) is 5.11 Å². The number of rotatable bonds is 1. The van der Waals surface area contributed by atoms with Crippen LogP contribution < -0.4 is 0 Å². The molecule has 0 amide bonds. The molecule has 1 N–H and O–H groups in total. The molecule has 0 aliphatic rings. The Balaban J connectivity index is 0. The molecule has 0 bridgehead atoms. The molecule has 1 aromatic carbocycles. The van der Waals surface area contributed by atoms with E-state index >= 15 is 0 Å². The van der Waals surface area contributed by atoms with Crippen LogP contribution in [0.4, 0.5) is 5.69 Å². The van der Waals surface area contributed by atoms with Gasteiger partial charge >= 0.3 is 0 Å². The van der Waals surface area contributed by atoms with Crippen molar-refractivity contribution in [2.45, 2.75) is 27.7 Å². The highest BCUT2D eigenvalue weighted by Gasteiger charge is 2.01. The van der Waals surface area contributed by atoms with Crippen molar-refractivity contribution < 1.29 is 10.0 Å². The van der Waals surface area contributed by atoms with Crippen molar-refractivity contribution in [2.24, 2.45) is 0 Å². The van der Waals surface area contributed by atoms with Gasteiger partial charge in [0.25, 0.3) is 5.69 Å². The van der Waals surface area contributed by atoms with Gasteiger partial charge in [0.1, 0.15) is 5.75 Å². The van der Waals surface area contributed by atoms with Crippen LogP contribution in [0.2, 0.25) is 0 Å². The minimum absolute atomic E-state index is 0.0159. The second-order valence-electron chi connectivity index (χ2n) is 1.77. The van der Waals surface area contributed by atoms with Gasteiger partial charge in [-0.1, -0.05) is 27.7 Å². The molecule has 1 rings (SSSR count). The zero-order chi connectivity index (χ0) is 11.6. The van der Waals surface area contributed by atoms with E-state index in [2.05, 4.69) is 0 Å². The normalized spacial score (nSPS) is 7.43. The van der Waals surface area contributed by atoms with Crippen LogP contribution >= 0.6 is 0 Å². The molecule has 0 aromatic heterocycles. The van der Waals surface area contributed by atoms with E-state index < -0.39 is 4.92 Å². The third kappa shape index (κ3) is 5.99. The van der Waals surface area contributed by atoms with E-state index in [-0.39, 0.29) is 11.4 Å². The number of hydrogen-bond acceptors (Lipinski definition) is 3. The lowest BCUT2D eigenvalue weighted by Gasteiger charge is -1.89. The van der Waals surface area contributed by atoms with Gasteiger partial charge in [-0.25, -0.2) is 0 Å². The van der Waals surface area contributed by atoms with Crippen molar-refractivity contribution in [1.29, 1.82) is 0 Å². The number of phenolic OH excluding ortho intramolecular Hbond substituents is 1. The molecule has 0 unspecified atom stereocenters. The Morgan fingerprint density at radius 1 is 1.07 bits per heavy atom. The maximum absolute atomic E-state index is 10.0. The quantitative estimate of drug-likeness (QED) is 0.557. The maximum Gasteiger partial charge on any atom is 0.269 e. The molecule has 0 heterocycles. The minimum Gasteiger partial charge on any atom is -0.508 e. The summed E-state index contributed by atoms with van der Waals surface area (Å²) in [5.74, 6) is 0.0330. The topological polar surface area (TPSA) is 63.4 Å². The van der Waals surface area contributed by atoms with Crippen LogP contribution in [0.15, 0.2) is 24.3 Å². The van der Waals surface area contributed by atoms with Crippen LogP contribution in [-0.2, 0) is 0 Å². The summed E-state index contributed by atoms with van der Waals surface area (Å²) < 4.78 is 0. The lowest BCUT2D eigenvalue weighted by Crippen LogP contribution is -1.85. The van der Waals surface area contributed by atoms with Gasteiger partial charge < -0.3 is 5.11 Å². The predicted octanol–water partition coefficient (Wildman–Crippen LogP) is 3.35. The highest BCUT2D eigenvalue weighted by Crippen LogP contribution is 2.14. The molecular weight excluding hydrogens is 182 g/mol. The van der Waals surface area contributed by atoms with Crippen molar-refractivity contribution in [2.75, 3.05) is 0 Å². The Morgan fingerprint density at radius 2 is 1.43 bits per heavy atom. The molecule has 0 spiro atoms. The van der Waals surface area contributed by atoms with Gasteiger partial charge in [-0.2, -0.15) is 0 Å². The fourth-order valence-electron chi connectivity index (χ4n) is 0.574. The molecular formula is C10H17NO3. The van der Waals surface area contributed by atoms with Crippen molar-refractivity contribution in [3.63, 3.8) is 0 Å². The van der Waals surface area contributed by atoms with E-state index in [9.17, 15) is 10.1 Å². The summed E-state index contributed by atoms with van der Waals surface area (Å²) in [4.78, 5) is 9.52. The van der Waals surface area contributed by atoms with Crippen molar-refractivity contribution in [1.82, 2.24) is 0 Å². The molecule has 0 aliphatic heterocycles. The molecule has 4 nitrogen and oxygen atoms in total. The van der Waals surface area contributed by atoms with Crippen LogP contribution in [0.5, 0.6) is 5.75 Å². The fraction of sp³-hybridized carbons (Fsp3) is 0.400. The first-order chi connectivity index (χ1) is 6.70. The molecule has 0 saturated carbocycles. The summed E-state index contributed by atoms with van der Waals surface area (Å²) in [5.41, 5.74) is -0.0159. The Bertz CT molecular complexity index is 244. The first kappa shape index (κ1) is 14.9. The summed E-state index contributed by atoms with van der Waals surface area (Å²) in [6, 6.07) is 5.04. The van der Waals surface area contributed by atoms with E-state index in [1.54, 1.807) is 0 Å². The Hall–Kier alpha value is -1.58. The van der Waals surface area contributed by atoms with E-state index in [1.165, 1.54) is 24.3 Å². The van der Waals surface area contributed by atoms with Gasteiger partial charge in [0.05, 0.1) is 4.92 Å². The number of hydrogen-bond donors (Lipinski definition) is 1. The van der Waals surface area contributed by atoms with E-state index in [0.29, 0.717) is 0 Å². The number of benzene rings is 1. The summed E-state index contributed by atoms with van der Waals surface area (Å²) >= 11 is 0. The zero-order valence-corrected chi connectivity index (χ0v) is 9.02. The SMILES string of the molecule is CC.CC.O=[N+]([O-])c1ccc(O)cc1. The lowest BCUT2D eigenvalue weighted by atomic mass is 10.3. The van der Waals surface area contributed by atoms with Gasteiger partial charge in [-0.3, -0.25) is 10.1 Å². The Labute approximate surface area is 84.4 Å². The first-order valence-electron chi connectivity index (χ1n) is 4.63. The largest absolute Gasteiger partial charge is 0.508 e. The number of nitro groups is 1. The van der Waals surface area contributed by atoms with E-state index in [0.717, 1.165) is 0 Å². The molecule has 4 heteroatoms. The lowest BCUT2D eigenvalue weighted by molar-refractivity contribution is -0.384. The number of aromatic hydroxyl groups is 1. The van der Waals surface area contributed by atoms with Crippen molar-refractivity contribution >= 4 is 5.69 Å². The van der Waals surface area contributed by atoms with Gasteiger partial charge in [0.15, 0.2) is 0 Å². The summed E-state index contributed by atoms with van der Waals surface area (Å²) in [5, 5.41) is 18.8. The summed E-state index contributed by atoms with van der Waals surface area (Å²) in [7, 11) is 0. The molecule has 0 atom stereocenters. The Kier molecular flexibility index (Phi) is 10.1. The Morgan fingerprint density at radius 3 is 1.71 bits per heavy atom. The predicted molar refractivity (Wildman–Crippen MR) is 57.5 cm³/mol. The first-order valence-corrected chi connectivity index (χ1v) is 4.63. The monoisotopic (exact) mass is 199 g/mol. The number of non-ortho nitro benzene ring substituents is 1. The smallest absolute Gasteiger partial charge is 0.269 e. The number of nitro benzene ring substituents is 1. The fourth-order valence-corrected chi connectivity index (χ4v) is 0.574. The van der Waals surface area contributed by atoms with Crippen molar-refractivity contribution in [3.05, 3.63) is 34.4 Å². The molecule has 0 radical (unpaired) electrons. The van der Waals surface area contributed by atoms with Crippen LogP contribution in [-0.4, -0.2) is 10.0 Å². The van der Waals surface area contributed by atoms with Crippen molar-refractivity contribution in [3.8, 4) is 5.75 Å². The van der Waals surface area contributed by atoms with Crippen LogP contribution in [0.3, 0.4) is 0 Å². The molecule has 14 heavy (non-hydrogen) atoms. The highest BCUT2D eigenvalue weighted by atomic mass is 16.6. The number of nitrogens with zero attached hydrogens (tertiary/aromatic N) is 1. The molecule has 1 aromatic rings. The average molecular weight is 199 g/mol. The molecule has 80 valence electrons. The number of phenols is 1. The third-order valence-electron chi connectivity index (χ3n) is 1.06. The van der Waals surface area contributed by atoms with Crippen LogP contribution in [0, 0.1) is 10.1 Å². The van der Waals surface area contributed by atoms with Gasteiger partial charge in [0.2, 0.25) is 0 Å². The second kappa shape index (κ2) is 9.51. The summed E-state index contributed by atoms with van der Waals surface area (Å²) in [6.07, 6.45) is 0. The molecule has 0 fully saturated rings. The highest BCUT2D eigenvalue weighted by molar-refractivity contribution is 5.34. The third-order valence-corrected chi connectivity index (χ3v) is 1.06. The van der Waals surface area contributed by atoms with Crippen LogP contribution in [0.25, 0.3) is 0 Å². The van der Waals surface area contributed by atoms with E-state index in [1.807, 2.05) is 27.7 Å². The zero-order valence-electron chi connectivity index (χ0n) is 9.02. The standard InChI is InChI=1S/C6H5NO3.2C2H6/c8-6-3-1-5(2-4-6)7(9)10;2*1-2/h1-4,8H;2*1-2H3. The van der Waals surface area contributed by atoms with Gasteiger partial charge in [-0.15, -0.1) is 0 Å². The van der Waals surface area contributed by atoms with Gasteiger partial charge in [-0.05, 0) is 12.1 Å². The van der Waals surface area contributed by atoms with Crippen LogP contribution in [0.1, 0.15) is 27.7 Å². The second-order valence-corrected chi connectivity index (χ2v) is 1.77. The summed E-state index contributed by atoms with van der Waals surface area (Å²) in [6.45, 7) is 8.00. The molecule has 0 aliphatic carbocycles. The van der Waals surface area contributed by atoms with Gasteiger partial charge in [0, 0.05) is 12.1 Å².